The van der Waals surface area contributed by atoms with Gasteiger partial charge in [-0.15, -0.1) is 0 Å². The Hall–Kier alpha value is -0.850. The standard InChI is InChI=1S/C15H15Br2NO2S/c1-10(18-15-8-5-12(16)9-14(15)17)11-3-6-13(7-4-11)21(2,19)20/h3-10,18H,1-2H3. The molecular formula is C15H15Br2NO2S. The van der Waals surface area contributed by atoms with Crippen LogP contribution in [0.3, 0.4) is 0 Å². The summed E-state index contributed by atoms with van der Waals surface area (Å²) < 4.78 is 24.9. The first-order valence-corrected chi connectivity index (χ1v) is 9.77. The van der Waals surface area contributed by atoms with Crippen molar-refractivity contribution in [1.29, 1.82) is 0 Å². The highest BCUT2D eigenvalue weighted by atomic mass is 79.9. The van der Waals surface area contributed by atoms with Crippen LogP contribution < -0.4 is 5.32 Å². The Balaban J connectivity index is 2.18. The summed E-state index contributed by atoms with van der Waals surface area (Å²) >= 11 is 6.93. The van der Waals surface area contributed by atoms with Crippen LogP contribution in [0.1, 0.15) is 18.5 Å². The van der Waals surface area contributed by atoms with Gasteiger partial charge in [-0.25, -0.2) is 8.42 Å². The van der Waals surface area contributed by atoms with Gasteiger partial charge in [-0.2, -0.15) is 0 Å². The molecule has 1 N–H and O–H groups in total. The van der Waals surface area contributed by atoms with Crippen molar-refractivity contribution in [3.05, 3.63) is 57.0 Å². The quantitative estimate of drug-likeness (QED) is 0.755. The fraction of sp³-hybridized carbons (Fsp3) is 0.200. The molecule has 0 fully saturated rings. The van der Waals surface area contributed by atoms with Gasteiger partial charge in [-0.1, -0.05) is 28.1 Å². The fourth-order valence-electron chi connectivity index (χ4n) is 1.93. The van der Waals surface area contributed by atoms with E-state index in [0.717, 1.165) is 20.2 Å². The van der Waals surface area contributed by atoms with Gasteiger partial charge >= 0.3 is 0 Å². The smallest absolute Gasteiger partial charge is 0.175 e. The van der Waals surface area contributed by atoms with E-state index >= 15 is 0 Å². The molecule has 3 nitrogen and oxygen atoms in total. The number of nitrogens with one attached hydrogen (secondary N) is 1. The van der Waals surface area contributed by atoms with E-state index in [2.05, 4.69) is 37.2 Å². The first-order valence-electron chi connectivity index (χ1n) is 6.29. The minimum atomic E-state index is -3.15. The highest BCUT2D eigenvalue weighted by Crippen LogP contribution is 2.29. The number of halogens is 2. The molecule has 0 heterocycles. The molecule has 2 aromatic carbocycles. The van der Waals surface area contributed by atoms with Crippen molar-refractivity contribution in [2.75, 3.05) is 11.6 Å². The van der Waals surface area contributed by atoms with Crippen molar-refractivity contribution in [1.82, 2.24) is 0 Å². The van der Waals surface area contributed by atoms with Gasteiger partial charge < -0.3 is 5.32 Å². The molecule has 0 bridgehead atoms. The minimum Gasteiger partial charge on any atom is -0.378 e. The summed E-state index contributed by atoms with van der Waals surface area (Å²) in [5.74, 6) is 0. The van der Waals surface area contributed by atoms with Crippen LogP contribution in [0.2, 0.25) is 0 Å². The Labute approximate surface area is 141 Å². The SMILES string of the molecule is CC(Nc1ccc(Br)cc1Br)c1ccc(S(C)(=O)=O)cc1. The van der Waals surface area contributed by atoms with Gasteiger partial charge in [0.1, 0.15) is 0 Å². The maximum absolute atomic E-state index is 11.5. The number of rotatable bonds is 4. The number of sulfone groups is 1. The maximum atomic E-state index is 11.5. The lowest BCUT2D eigenvalue weighted by Crippen LogP contribution is -2.07. The van der Waals surface area contributed by atoms with E-state index in [9.17, 15) is 8.42 Å². The molecule has 0 aromatic heterocycles. The molecule has 21 heavy (non-hydrogen) atoms. The lowest BCUT2D eigenvalue weighted by Gasteiger charge is -2.17. The lowest BCUT2D eigenvalue weighted by molar-refractivity contribution is 0.602. The maximum Gasteiger partial charge on any atom is 0.175 e. The molecule has 0 spiro atoms. The van der Waals surface area contributed by atoms with Crippen molar-refractivity contribution in [2.45, 2.75) is 17.9 Å². The van der Waals surface area contributed by atoms with Crippen LogP contribution in [0.4, 0.5) is 5.69 Å². The summed E-state index contributed by atoms with van der Waals surface area (Å²) in [5.41, 5.74) is 2.01. The van der Waals surface area contributed by atoms with Crippen LogP contribution in [0.5, 0.6) is 0 Å². The Morgan fingerprint density at radius 2 is 1.67 bits per heavy atom. The second kappa shape index (κ2) is 6.50. The fourth-order valence-corrected chi connectivity index (χ4v) is 3.72. The lowest BCUT2D eigenvalue weighted by atomic mass is 10.1. The van der Waals surface area contributed by atoms with Gasteiger partial charge in [0.25, 0.3) is 0 Å². The molecule has 1 unspecified atom stereocenters. The van der Waals surface area contributed by atoms with E-state index in [1.165, 1.54) is 6.26 Å². The molecule has 0 aliphatic rings. The molecule has 2 rings (SSSR count). The Morgan fingerprint density at radius 3 is 2.19 bits per heavy atom. The molecule has 0 aliphatic heterocycles. The number of anilines is 1. The Kier molecular flexibility index (Phi) is 5.11. The van der Waals surface area contributed by atoms with Gasteiger partial charge in [0.15, 0.2) is 9.84 Å². The number of hydrogen-bond donors (Lipinski definition) is 1. The van der Waals surface area contributed by atoms with Crippen molar-refractivity contribution in [3.63, 3.8) is 0 Å². The molecule has 0 aliphatic carbocycles. The summed E-state index contributed by atoms with van der Waals surface area (Å²) in [6, 6.07) is 12.9. The molecule has 0 saturated carbocycles. The first-order chi connectivity index (χ1) is 9.77. The van der Waals surface area contributed by atoms with Gasteiger partial charge in [-0.3, -0.25) is 0 Å². The van der Waals surface area contributed by atoms with Crippen LogP contribution >= 0.6 is 31.9 Å². The van der Waals surface area contributed by atoms with E-state index in [-0.39, 0.29) is 6.04 Å². The summed E-state index contributed by atoms with van der Waals surface area (Å²) in [6.07, 6.45) is 1.21. The minimum absolute atomic E-state index is 0.0658. The highest BCUT2D eigenvalue weighted by molar-refractivity contribution is 9.11. The van der Waals surface area contributed by atoms with Crippen LogP contribution in [0.15, 0.2) is 56.3 Å². The number of hydrogen-bond acceptors (Lipinski definition) is 3. The second-order valence-corrected chi connectivity index (χ2v) is 8.62. The zero-order chi connectivity index (χ0) is 15.6. The van der Waals surface area contributed by atoms with E-state index in [4.69, 9.17) is 0 Å². The molecule has 0 amide bonds. The Morgan fingerprint density at radius 1 is 1.05 bits per heavy atom. The third-order valence-electron chi connectivity index (χ3n) is 3.11. The summed E-state index contributed by atoms with van der Waals surface area (Å²) in [5, 5.41) is 3.39. The molecule has 112 valence electrons. The molecule has 0 radical (unpaired) electrons. The summed E-state index contributed by atoms with van der Waals surface area (Å²) in [7, 11) is -3.15. The largest absolute Gasteiger partial charge is 0.378 e. The first kappa shape index (κ1) is 16.5. The third-order valence-corrected chi connectivity index (χ3v) is 5.39. The summed E-state index contributed by atoms with van der Waals surface area (Å²) in [6.45, 7) is 2.03. The predicted molar refractivity (Wildman–Crippen MR) is 93.4 cm³/mol. The van der Waals surface area contributed by atoms with Gasteiger partial charge in [0.2, 0.25) is 0 Å². The average Bonchev–Trinajstić information content (AvgIpc) is 2.41. The molecule has 2 aromatic rings. The normalized spacial score (nSPS) is 13.0. The van der Waals surface area contributed by atoms with Crippen LogP contribution in [0, 0.1) is 0 Å². The number of benzene rings is 2. The van der Waals surface area contributed by atoms with E-state index in [1.807, 2.05) is 37.3 Å². The zero-order valence-electron chi connectivity index (χ0n) is 11.6. The van der Waals surface area contributed by atoms with Crippen LogP contribution in [-0.2, 0) is 9.84 Å². The van der Waals surface area contributed by atoms with Gasteiger partial charge in [-0.05, 0) is 58.7 Å². The molecule has 6 heteroatoms. The van der Waals surface area contributed by atoms with Crippen molar-refractivity contribution >= 4 is 47.4 Å². The molecular weight excluding hydrogens is 418 g/mol. The van der Waals surface area contributed by atoms with Gasteiger partial charge in [0.05, 0.1) is 4.90 Å². The van der Waals surface area contributed by atoms with Gasteiger partial charge in [0, 0.05) is 26.9 Å². The van der Waals surface area contributed by atoms with Crippen LogP contribution in [-0.4, -0.2) is 14.7 Å². The second-order valence-electron chi connectivity index (χ2n) is 4.83. The zero-order valence-corrected chi connectivity index (χ0v) is 15.6. The molecule has 1 atom stereocenters. The van der Waals surface area contributed by atoms with E-state index < -0.39 is 9.84 Å². The van der Waals surface area contributed by atoms with Crippen LogP contribution in [0.25, 0.3) is 0 Å². The monoisotopic (exact) mass is 431 g/mol. The topological polar surface area (TPSA) is 46.2 Å². The highest BCUT2D eigenvalue weighted by Gasteiger charge is 2.10. The van der Waals surface area contributed by atoms with Crippen molar-refractivity contribution in [2.24, 2.45) is 0 Å². The van der Waals surface area contributed by atoms with E-state index in [0.29, 0.717) is 4.90 Å². The predicted octanol–water partition coefficient (Wildman–Crippen LogP) is 4.79. The molecule has 0 saturated heterocycles. The van der Waals surface area contributed by atoms with Crippen molar-refractivity contribution < 1.29 is 8.42 Å². The summed E-state index contributed by atoms with van der Waals surface area (Å²) in [4.78, 5) is 0.336. The van der Waals surface area contributed by atoms with E-state index in [1.54, 1.807) is 12.1 Å². The third kappa shape index (κ3) is 4.31. The Bertz CT molecular complexity index is 743. The van der Waals surface area contributed by atoms with Crippen molar-refractivity contribution in [3.8, 4) is 0 Å². The average molecular weight is 433 g/mol.